The number of halogens is 1. The predicted molar refractivity (Wildman–Crippen MR) is 87.1 cm³/mol. The Labute approximate surface area is 141 Å². The molecule has 23 heavy (non-hydrogen) atoms. The molecule has 4 rings (SSSR count). The SMILES string of the molecule is O=C(/C=C/c1cc(Cl)c2c(c1)OCO2)Nc1nnc(C2CC2)s1. The molecular weight excluding hydrogens is 338 g/mol. The zero-order chi connectivity index (χ0) is 15.8. The van der Waals surface area contributed by atoms with E-state index in [4.69, 9.17) is 21.1 Å². The van der Waals surface area contributed by atoms with Crippen molar-refractivity contribution in [1.82, 2.24) is 10.2 Å². The second kappa shape index (κ2) is 5.82. The molecule has 0 spiro atoms. The van der Waals surface area contributed by atoms with E-state index in [9.17, 15) is 4.79 Å². The van der Waals surface area contributed by atoms with Gasteiger partial charge in [-0.1, -0.05) is 22.9 Å². The summed E-state index contributed by atoms with van der Waals surface area (Å²) in [5, 5.41) is 12.7. The lowest BCUT2D eigenvalue weighted by Gasteiger charge is -2.01. The minimum absolute atomic E-state index is 0.156. The molecule has 1 fully saturated rings. The third-order valence-electron chi connectivity index (χ3n) is 3.47. The Morgan fingerprint density at radius 2 is 2.22 bits per heavy atom. The minimum Gasteiger partial charge on any atom is -0.454 e. The number of anilines is 1. The molecule has 2 aromatic rings. The van der Waals surface area contributed by atoms with Gasteiger partial charge in [0.05, 0.1) is 5.02 Å². The van der Waals surface area contributed by atoms with Crippen LogP contribution in [-0.4, -0.2) is 22.9 Å². The highest BCUT2D eigenvalue weighted by Crippen LogP contribution is 2.42. The van der Waals surface area contributed by atoms with E-state index in [-0.39, 0.29) is 12.7 Å². The fourth-order valence-corrected chi connectivity index (χ4v) is 3.37. The number of aromatic nitrogens is 2. The Morgan fingerprint density at radius 1 is 1.35 bits per heavy atom. The molecule has 0 atom stereocenters. The summed E-state index contributed by atoms with van der Waals surface area (Å²) in [7, 11) is 0. The smallest absolute Gasteiger partial charge is 0.250 e. The van der Waals surface area contributed by atoms with Gasteiger partial charge in [0.1, 0.15) is 5.01 Å². The second-order valence-electron chi connectivity index (χ2n) is 5.28. The lowest BCUT2D eigenvalue weighted by atomic mass is 10.2. The maximum atomic E-state index is 12.0. The van der Waals surface area contributed by atoms with Crippen LogP contribution in [0.5, 0.6) is 11.5 Å². The number of hydrogen-bond acceptors (Lipinski definition) is 6. The second-order valence-corrected chi connectivity index (χ2v) is 6.70. The van der Waals surface area contributed by atoms with E-state index in [2.05, 4.69) is 15.5 Å². The van der Waals surface area contributed by atoms with Crippen molar-refractivity contribution in [1.29, 1.82) is 0 Å². The Kier molecular flexibility index (Phi) is 3.66. The van der Waals surface area contributed by atoms with Crippen molar-refractivity contribution in [3.63, 3.8) is 0 Å². The molecule has 1 aliphatic heterocycles. The molecule has 1 amide bonds. The zero-order valence-electron chi connectivity index (χ0n) is 11.9. The fraction of sp³-hybridized carbons (Fsp3) is 0.267. The van der Waals surface area contributed by atoms with E-state index in [1.165, 1.54) is 17.4 Å². The van der Waals surface area contributed by atoms with E-state index >= 15 is 0 Å². The van der Waals surface area contributed by atoms with Crippen LogP contribution in [0.25, 0.3) is 6.08 Å². The number of ether oxygens (including phenoxy) is 2. The highest BCUT2D eigenvalue weighted by atomic mass is 35.5. The van der Waals surface area contributed by atoms with Crippen molar-refractivity contribution in [2.75, 3.05) is 12.1 Å². The molecule has 6 nitrogen and oxygen atoms in total. The highest BCUT2D eigenvalue weighted by molar-refractivity contribution is 7.15. The van der Waals surface area contributed by atoms with Gasteiger partial charge in [-0.3, -0.25) is 10.1 Å². The third kappa shape index (κ3) is 3.16. The van der Waals surface area contributed by atoms with Gasteiger partial charge in [0.25, 0.3) is 0 Å². The summed E-state index contributed by atoms with van der Waals surface area (Å²) in [5.41, 5.74) is 0.755. The molecule has 0 radical (unpaired) electrons. The summed E-state index contributed by atoms with van der Waals surface area (Å²) < 4.78 is 10.5. The maximum Gasteiger partial charge on any atom is 0.250 e. The van der Waals surface area contributed by atoms with Crippen molar-refractivity contribution in [2.24, 2.45) is 0 Å². The molecule has 2 heterocycles. The molecule has 8 heteroatoms. The third-order valence-corrected chi connectivity index (χ3v) is 4.76. The lowest BCUT2D eigenvalue weighted by molar-refractivity contribution is -0.111. The number of carbonyl (C=O) groups excluding carboxylic acids is 1. The van der Waals surface area contributed by atoms with Gasteiger partial charge in [0.15, 0.2) is 11.5 Å². The van der Waals surface area contributed by atoms with Crippen LogP contribution in [0.4, 0.5) is 5.13 Å². The molecule has 1 N–H and O–H groups in total. The monoisotopic (exact) mass is 349 g/mol. The van der Waals surface area contributed by atoms with Crippen LogP contribution in [0.2, 0.25) is 5.02 Å². The largest absolute Gasteiger partial charge is 0.454 e. The summed E-state index contributed by atoms with van der Waals surface area (Å²) in [6.45, 7) is 0.156. The average molecular weight is 350 g/mol. The van der Waals surface area contributed by atoms with Gasteiger partial charge < -0.3 is 9.47 Å². The Morgan fingerprint density at radius 3 is 3.04 bits per heavy atom. The molecule has 1 saturated carbocycles. The first-order chi connectivity index (χ1) is 11.2. The number of hydrogen-bond donors (Lipinski definition) is 1. The predicted octanol–water partition coefficient (Wildman–Crippen LogP) is 3.45. The van der Waals surface area contributed by atoms with E-state index < -0.39 is 0 Å². The van der Waals surface area contributed by atoms with Gasteiger partial charge in [-0.15, -0.1) is 10.2 Å². The Balaban J connectivity index is 1.43. The Bertz CT molecular complexity index is 801. The molecular formula is C15H12ClN3O3S. The average Bonchev–Trinajstić information content (AvgIpc) is 3.08. The quantitative estimate of drug-likeness (QED) is 0.856. The van der Waals surface area contributed by atoms with Crippen molar-refractivity contribution in [3.8, 4) is 11.5 Å². The van der Waals surface area contributed by atoms with E-state index in [1.807, 2.05) is 0 Å². The van der Waals surface area contributed by atoms with Crippen LogP contribution in [-0.2, 0) is 4.79 Å². The zero-order valence-corrected chi connectivity index (χ0v) is 13.5. The number of rotatable bonds is 4. The number of benzene rings is 1. The van der Waals surface area contributed by atoms with Gasteiger partial charge in [-0.05, 0) is 36.6 Å². The lowest BCUT2D eigenvalue weighted by Crippen LogP contribution is -2.07. The molecule has 0 unspecified atom stereocenters. The topological polar surface area (TPSA) is 73.3 Å². The van der Waals surface area contributed by atoms with E-state index in [0.717, 1.165) is 23.4 Å². The molecule has 1 aromatic carbocycles. The number of carbonyl (C=O) groups is 1. The first-order valence-corrected chi connectivity index (χ1v) is 8.30. The van der Waals surface area contributed by atoms with Gasteiger partial charge >= 0.3 is 0 Å². The molecule has 118 valence electrons. The van der Waals surface area contributed by atoms with Crippen LogP contribution in [0, 0.1) is 0 Å². The maximum absolute atomic E-state index is 12.0. The van der Waals surface area contributed by atoms with Gasteiger partial charge in [0, 0.05) is 12.0 Å². The number of amides is 1. The standard InChI is InChI=1S/C15H12ClN3O3S/c16-10-5-8(6-11-13(10)22-7-21-11)1-4-12(20)17-15-19-18-14(23-15)9-2-3-9/h1,4-6,9H,2-3,7H2,(H,17,19,20)/b4-1+. The minimum atomic E-state index is -0.266. The summed E-state index contributed by atoms with van der Waals surface area (Å²) in [5.74, 6) is 1.38. The summed E-state index contributed by atoms with van der Waals surface area (Å²) in [6, 6.07) is 3.49. The summed E-state index contributed by atoms with van der Waals surface area (Å²) >= 11 is 7.53. The summed E-state index contributed by atoms with van der Waals surface area (Å²) in [4.78, 5) is 12.0. The first kappa shape index (κ1) is 14.5. The van der Waals surface area contributed by atoms with Crippen LogP contribution in [0.15, 0.2) is 18.2 Å². The molecule has 0 saturated heterocycles. The van der Waals surface area contributed by atoms with Crippen LogP contribution >= 0.6 is 22.9 Å². The van der Waals surface area contributed by atoms with Crippen molar-refractivity contribution in [2.45, 2.75) is 18.8 Å². The number of nitrogens with zero attached hydrogens (tertiary/aromatic N) is 2. The van der Waals surface area contributed by atoms with Gasteiger partial charge in [-0.2, -0.15) is 0 Å². The first-order valence-electron chi connectivity index (χ1n) is 7.10. The highest BCUT2D eigenvalue weighted by Gasteiger charge is 2.27. The van der Waals surface area contributed by atoms with E-state index in [1.54, 1.807) is 18.2 Å². The van der Waals surface area contributed by atoms with Crippen molar-refractivity contribution >= 4 is 40.1 Å². The Hall–Kier alpha value is -2.12. The molecule has 2 aliphatic rings. The molecule has 0 bridgehead atoms. The van der Waals surface area contributed by atoms with Crippen LogP contribution in [0.1, 0.15) is 29.3 Å². The van der Waals surface area contributed by atoms with Crippen molar-refractivity contribution in [3.05, 3.63) is 33.8 Å². The number of nitrogens with one attached hydrogen (secondary N) is 1. The normalized spacial score (nSPS) is 16.0. The molecule has 1 aromatic heterocycles. The summed E-state index contributed by atoms with van der Waals surface area (Å²) in [6.07, 6.45) is 5.40. The fourth-order valence-electron chi connectivity index (χ4n) is 2.18. The van der Waals surface area contributed by atoms with Crippen LogP contribution in [0.3, 0.4) is 0 Å². The van der Waals surface area contributed by atoms with Gasteiger partial charge in [0.2, 0.25) is 17.8 Å². The molecule has 1 aliphatic carbocycles. The van der Waals surface area contributed by atoms with Gasteiger partial charge in [-0.25, -0.2) is 0 Å². The number of fused-ring (bicyclic) bond motifs is 1. The van der Waals surface area contributed by atoms with E-state index in [0.29, 0.717) is 27.6 Å². The van der Waals surface area contributed by atoms with Crippen molar-refractivity contribution < 1.29 is 14.3 Å². The van der Waals surface area contributed by atoms with Crippen LogP contribution < -0.4 is 14.8 Å².